The number of esters is 1. The summed E-state index contributed by atoms with van der Waals surface area (Å²) in [6.45, 7) is 0. The lowest BCUT2D eigenvalue weighted by Crippen LogP contribution is -2.19. The fourth-order valence-electron chi connectivity index (χ4n) is 1.07. The highest BCUT2D eigenvalue weighted by Gasteiger charge is 2.17. The Morgan fingerprint density at radius 3 is 2.62 bits per heavy atom. The normalized spacial score (nSPS) is 10.6. The molecule has 0 atom stereocenters. The molecule has 0 saturated carbocycles. The van der Waals surface area contributed by atoms with Gasteiger partial charge in [-0.1, -0.05) is 0 Å². The first kappa shape index (κ1) is 12.3. The monoisotopic (exact) mass is 235 g/mol. The van der Waals surface area contributed by atoms with Gasteiger partial charge in [0.05, 0.1) is 24.8 Å². The van der Waals surface area contributed by atoms with E-state index in [9.17, 15) is 22.8 Å². The second-order valence-electron chi connectivity index (χ2n) is 2.94. The molecule has 88 valence electrons. The van der Waals surface area contributed by atoms with Crippen LogP contribution in [0.25, 0.3) is 0 Å². The maximum atomic E-state index is 13.2. The van der Waals surface area contributed by atoms with Crippen molar-refractivity contribution in [3.63, 3.8) is 0 Å². The van der Waals surface area contributed by atoms with Crippen LogP contribution in [-0.2, 0) is 16.0 Å². The molecule has 0 fully saturated rings. The highest BCUT2D eigenvalue weighted by Crippen LogP contribution is 2.15. The number of hydrogen-bond acceptors (Lipinski definition) is 3. The average molecular weight is 235 g/mol. The number of hydrogen-bond donors (Lipinski definition) is 1. The van der Waals surface area contributed by atoms with Crippen LogP contribution in [0.5, 0.6) is 0 Å². The summed E-state index contributed by atoms with van der Waals surface area (Å²) in [5, 5.41) is 0. The van der Waals surface area contributed by atoms with Crippen LogP contribution in [-0.4, -0.2) is 18.1 Å². The van der Waals surface area contributed by atoms with Gasteiger partial charge >= 0.3 is 5.97 Å². The molecule has 1 N–H and O–H groups in total. The fourth-order valence-corrected chi connectivity index (χ4v) is 1.07. The van der Waals surface area contributed by atoms with E-state index in [1.807, 2.05) is 0 Å². The van der Waals surface area contributed by atoms with Crippen LogP contribution in [0, 0.1) is 5.95 Å². The quantitative estimate of drug-likeness (QED) is 0.631. The standard InChI is InChI=1S/C9H8F3NO3/c1-16-7(15)2-4-6(14)3-5(8(10)11)13-9(4)12/h3,8H,2H2,1H3,(H,13,14). The molecule has 0 radical (unpaired) electrons. The van der Waals surface area contributed by atoms with E-state index in [0.717, 1.165) is 7.11 Å². The molecular formula is C9H8F3NO3. The third kappa shape index (κ3) is 2.62. The van der Waals surface area contributed by atoms with Crippen LogP contribution in [0.4, 0.5) is 13.2 Å². The Labute approximate surface area is 88.0 Å². The van der Waals surface area contributed by atoms with E-state index in [1.165, 1.54) is 0 Å². The molecule has 16 heavy (non-hydrogen) atoms. The number of pyridine rings is 1. The summed E-state index contributed by atoms with van der Waals surface area (Å²) < 4.78 is 41.7. The molecular weight excluding hydrogens is 227 g/mol. The van der Waals surface area contributed by atoms with Gasteiger partial charge < -0.3 is 9.72 Å². The van der Waals surface area contributed by atoms with E-state index in [1.54, 1.807) is 4.98 Å². The average Bonchev–Trinajstić information content (AvgIpc) is 2.22. The minimum absolute atomic E-state index is 0.517. The third-order valence-electron chi connectivity index (χ3n) is 1.89. The maximum Gasteiger partial charge on any atom is 0.310 e. The van der Waals surface area contributed by atoms with Crippen molar-refractivity contribution in [1.82, 2.24) is 4.98 Å². The number of rotatable bonds is 3. The number of carbonyl (C=O) groups is 1. The molecule has 1 aromatic rings. The van der Waals surface area contributed by atoms with Crippen molar-refractivity contribution in [2.24, 2.45) is 0 Å². The lowest BCUT2D eigenvalue weighted by atomic mass is 10.2. The number of alkyl halides is 2. The molecule has 0 amide bonds. The molecule has 0 spiro atoms. The van der Waals surface area contributed by atoms with Crippen molar-refractivity contribution in [1.29, 1.82) is 0 Å². The van der Waals surface area contributed by atoms with E-state index in [-0.39, 0.29) is 0 Å². The Kier molecular flexibility index (Phi) is 3.70. The summed E-state index contributed by atoms with van der Waals surface area (Å²) >= 11 is 0. The number of halogens is 3. The molecule has 0 bridgehead atoms. The predicted molar refractivity (Wildman–Crippen MR) is 47.7 cm³/mol. The van der Waals surface area contributed by atoms with E-state index < -0.39 is 41.4 Å². The first-order valence-corrected chi connectivity index (χ1v) is 4.22. The minimum Gasteiger partial charge on any atom is -0.469 e. The summed E-state index contributed by atoms with van der Waals surface area (Å²) in [4.78, 5) is 23.8. The zero-order chi connectivity index (χ0) is 12.3. The maximum absolute atomic E-state index is 13.2. The SMILES string of the molecule is COC(=O)Cc1c(F)[nH]c(C(F)F)cc1=O. The highest BCUT2D eigenvalue weighted by atomic mass is 19.3. The topological polar surface area (TPSA) is 59.2 Å². The van der Waals surface area contributed by atoms with Gasteiger partial charge in [0.15, 0.2) is 11.4 Å². The molecule has 0 aliphatic heterocycles. The number of ether oxygens (including phenoxy) is 1. The van der Waals surface area contributed by atoms with Crippen LogP contribution in [0.1, 0.15) is 17.7 Å². The molecule has 1 rings (SSSR count). The first-order valence-electron chi connectivity index (χ1n) is 4.22. The Bertz CT molecular complexity index is 456. The van der Waals surface area contributed by atoms with Crippen molar-refractivity contribution >= 4 is 5.97 Å². The molecule has 7 heteroatoms. The molecule has 0 aromatic carbocycles. The van der Waals surface area contributed by atoms with Gasteiger partial charge in [0, 0.05) is 6.07 Å². The second-order valence-corrected chi connectivity index (χ2v) is 2.94. The number of carbonyl (C=O) groups excluding carboxylic acids is 1. The van der Waals surface area contributed by atoms with Crippen molar-refractivity contribution in [3.05, 3.63) is 33.5 Å². The molecule has 0 aliphatic rings. The van der Waals surface area contributed by atoms with Crippen LogP contribution >= 0.6 is 0 Å². The zero-order valence-corrected chi connectivity index (χ0v) is 8.22. The van der Waals surface area contributed by atoms with Gasteiger partial charge in [0.1, 0.15) is 0 Å². The summed E-state index contributed by atoms with van der Waals surface area (Å²) in [5.74, 6) is -2.07. The fraction of sp³-hybridized carbons (Fsp3) is 0.333. The molecule has 0 aliphatic carbocycles. The van der Waals surface area contributed by atoms with Gasteiger partial charge in [-0.05, 0) is 0 Å². The summed E-state index contributed by atoms with van der Waals surface area (Å²) in [7, 11) is 1.07. The largest absolute Gasteiger partial charge is 0.469 e. The van der Waals surface area contributed by atoms with Gasteiger partial charge in [-0.2, -0.15) is 4.39 Å². The zero-order valence-electron chi connectivity index (χ0n) is 8.22. The molecule has 1 aromatic heterocycles. The Hall–Kier alpha value is -1.79. The molecule has 1 heterocycles. The first-order chi connectivity index (χ1) is 7.45. The number of methoxy groups -OCH3 is 1. The highest BCUT2D eigenvalue weighted by molar-refractivity contribution is 5.72. The van der Waals surface area contributed by atoms with Gasteiger partial charge in [0.2, 0.25) is 0 Å². The van der Waals surface area contributed by atoms with Crippen molar-refractivity contribution < 1.29 is 22.7 Å². The number of aromatic nitrogens is 1. The van der Waals surface area contributed by atoms with Crippen LogP contribution in [0.15, 0.2) is 10.9 Å². The van der Waals surface area contributed by atoms with Crippen molar-refractivity contribution in [3.8, 4) is 0 Å². The summed E-state index contributed by atoms with van der Waals surface area (Å²) in [6.07, 6.45) is -3.57. The third-order valence-corrected chi connectivity index (χ3v) is 1.89. The van der Waals surface area contributed by atoms with Gasteiger partial charge in [-0.3, -0.25) is 9.59 Å². The lowest BCUT2D eigenvalue weighted by Gasteiger charge is -2.04. The lowest BCUT2D eigenvalue weighted by molar-refractivity contribution is -0.139. The van der Waals surface area contributed by atoms with Crippen molar-refractivity contribution in [2.75, 3.05) is 7.11 Å². The Morgan fingerprint density at radius 1 is 1.56 bits per heavy atom. The molecule has 0 saturated heterocycles. The van der Waals surface area contributed by atoms with Gasteiger partial charge in [-0.25, -0.2) is 8.78 Å². The van der Waals surface area contributed by atoms with E-state index in [4.69, 9.17) is 0 Å². The predicted octanol–water partition coefficient (Wildman–Crippen LogP) is 1.17. The summed E-state index contributed by atoms with van der Waals surface area (Å²) in [6, 6.07) is 0.562. The Balaban J connectivity index is 3.13. The molecule has 4 nitrogen and oxygen atoms in total. The van der Waals surface area contributed by atoms with Gasteiger partial charge in [0.25, 0.3) is 6.43 Å². The van der Waals surface area contributed by atoms with Gasteiger partial charge in [-0.15, -0.1) is 0 Å². The van der Waals surface area contributed by atoms with Crippen LogP contribution in [0.2, 0.25) is 0 Å². The number of H-pyrrole nitrogens is 1. The van der Waals surface area contributed by atoms with Crippen molar-refractivity contribution in [2.45, 2.75) is 12.8 Å². The smallest absolute Gasteiger partial charge is 0.310 e. The Morgan fingerprint density at radius 2 is 2.19 bits per heavy atom. The molecule has 0 unspecified atom stereocenters. The van der Waals surface area contributed by atoms with E-state index >= 15 is 0 Å². The van der Waals surface area contributed by atoms with E-state index in [2.05, 4.69) is 4.74 Å². The van der Waals surface area contributed by atoms with Crippen LogP contribution in [0.3, 0.4) is 0 Å². The summed E-state index contributed by atoms with van der Waals surface area (Å²) in [5.41, 5.74) is -2.30. The van der Waals surface area contributed by atoms with E-state index in [0.29, 0.717) is 6.07 Å². The van der Waals surface area contributed by atoms with Crippen LogP contribution < -0.4 is 5.43 Å². The number of nitrogens with one attached hydrogen (secondary N) is 1. The number of aromatic amines is 1. The second kappa shape index (κ2) is 4.82. The minimum atomic E-state index is -2.98.